The maximum Gasteiger partial charge on any atom is 0.326 e. The number of hydrogen-bond donors (Lipinski definition) is 3. The predicted molar refractivity (Wildman–Crippen MR) is 79.4 cm³/mol. The number of para-hydroxylation sites is 1. The number of benzene rings is 1. The van der Waals surface area contributed by atoms with E-state index in [2.05, 4.69) is 10.6 Å². The smallest absolute Gasteiger partial charge is 0.326 e. The molecule has 0 heterocycles. The summed E-state index contributed by atoms with van der Waals surface area (Å²) in [5.41, 5.74) is 0. The van der Waals surface area contributed by atoms with Crippen LogP contribution in [0.4, 0.5) is 4.79 Å². The minimum atomic E-state index is -1.03. The Bertz CT molecular complexity index is 448. The van der Waals surface area contributed by atoms with E-state index in [1.54, 1.807) is 13.8 Å². The number of rotatable bonds is 8. The van der Waals surface area contributed by atoms with Crippen molar-refractivity contribution in [1.82, 2.24) is 10.6 Å². The molecule has 1 aromatic rings. The molecule has 0 unspecified atom stereocenters. The monoisotopic (exact) mass is 294 g/mol. The van der Waals surface area contributed by atoms with Crippen molar-refractivity contribution in [3.8, 4) is 5.75 Å². The molecule has 0 aliphatic carbocycles. The maximum absolute atomic E-state index is 11.6. The van der Waals surface area contributed by atoms with Crippen molar-refractivity contribution in [2.45, 2.75) is 26.3 Å². The van der Waals surface area contributed by atoms with E-state index >= 15 is 0 Å². The van der Waals surface area contributed by atoms with Gasteiger partial charge in [-0.15, -0.1) is 0 Å². The minimum Gasteiger partial charge on any atom is -0.494 e. The number of amides is 2. The van der Waals surface area contributed by atoms with Crippen LogP contribution in [0.25, 0.3) is 0 Å². The summed E-state index contributed by atoms with van der Waals surface area (Å²) in [4.78, 5) is 22.5. The zero-order chi connectivity index (χ0) is 15.7. The molecule has 0 saturated heterocycles. The molecule has 6 heteroatoms. The molecule has 1 aromatic carbocycles. The number of nitrogens with one attached hydrogen (secondary N) is 2. The summed E-state index contributed by atoms with van der Waals surface area (Å²) in [6, 6.07) is 8.05. The van der Waals surface area contributed by atoms with E-state index in [1.165, 1.54) is 0 Å². The van der Waals surface area contributed by atoms with Crippen molar-refractivity contribution >= 4 is 12.0 Å². The molecule has 6 nitrogen and oxygen atoms in total. The van der Waals surface area contributed by atoms with Crippen LogP contribution in [0, 0.1) is 5.92 Å². The largest absolute Gasteiger partial charge is 0.494 e. The van der Waals surface area contributed by atoms with Gasteiger partial charge in [0, 0.05) is 6.54 Å². The number of carboxylic acid groups (broad SMARTS) is 1. The molecule has 0 fully saturated rings. The predicted octanol–water partition coefficient (Wildman–Crippen LogP) is 1.86. The van der Waals surface area contributed by atoms with Crippen molar-refractivity contribution in [3.63, 3.8) is 0 Å². The van der Waals surface area contributed by atoms with E-state index in [4.69, 9.17) is 9.84 Å². The van der Waals surface area contributed by atoms with Gasteiger partial charge in [0.25, 0.3) is 0 Å². The molecule has 0 spiro atoms. The molecule has 0 saturated carbocycles. The van der Waals surface area contributed by atoms with Crippen LogP contribution in [0.2, 0.25) is 0 Å². The van der Waals surface area contributed by atoms with Gasteiger partial charge in [0.05, 0.1) is 6.61 Å². The lowest BCUT2D eigenvalue weighted by Gasteiger charge is -2.18. The Morgan fingerprint density at radius 3 is 2.48 bits per heavy atom. The van der Waals surface area contributed by atoms with E-state index in [0.29, 0.717) is 19.6 Å². The second-order valence-electron chi connectivity index (χ2n) is 4.98. The number of carboxylic acids is 1. The van der Waals surface area contributed by atoms with Crippen LogP contribution < -0.4 is 15.4 Å². The SMILES string of the molecule is CC(C)[C@H](NC(=O)NCCCOc1ccccc1)C(=O)O. The zero-order valence-corrected chi connectivity index (χ0v) is 12.3. The average molecular weight is 294 g/mol. The van der Waals surface area contributed by atoms with Crippen LogP contribution in [0.3, 0.4) is 0 Å². The van der Waals surface area contributed by atoms with Crippen LogP contribution in [-0.4, -0.2) is 36.3 Å². The highest BCUT2D eigenvalue weighted by atomic mass is 16.5. The van der Waals surface area contributed by atoms with Gasteiger partial charge in [-0.2, -0.15) is 0 Å². The zero-order valence-electron chi connectivity index (χ0n) is 12.3. The van der Waals surface area contributed by atoms with Crippen molar-refractivity contribution < 1.29 is 19.4 Å². The van der Waals surface area contributed by atoms with Gasteiger partial charge in [-0.3, -0.25) is 0 Å². The Kier molecular flexibility index (Phi) is 7.08. The lowest BCUT2D eigenvalue weighted by molar-refractivity contribution is -0.140. The molecule has 0 aliphatic rings. The van der Waals surface area contributed by atoms with Gasteiger partial charge in [0.1, 0.15) is 11.8 Å². The van der Waals surface area contributed by atoms with Gasteiger partial charge in [-0.1, -0.05) is 32.0 Å². The number of carbonyl (C=O) groups excluding carboxylic acids is 1. The molecule has 0 aromatic heterocycles. The maximum atomic E-state index is 11.6. The minimum absolute atomic E-state index is 0.172. The van der Waals surface area contributed by atoms with Gasteiger partial charge in [-0.25, -0.2) is 9.59 Å². The number of carbonyl (C=O) groups is 2. The fourth-order valence-corrected chi connectivity index (χ4v) is 1.69. The van der Waals surface area contributed by atoms with Gasteiger partial charge in [-0.05, 0) is 24.5 Å². The van der Waals surface area contributed by atoms with E-state index in [-0.39, 0.29) is 5.92 Å². The third-order valence-corrected chi connectivity index (χ3v) is 2.84. The molecule has 3 N–H and O–H groups in total. The lowest BCUT2D eigenvalue weighted by atomic mass is 10.1. The average Bonchev–Trinajstić information content (AvgIpc) is 2.45. The summed E-state index contributed by atoms with van der Waals surface area (Å²) in [5.74, 6) is -0.421. The summed E-state index contributed by atoms with van der Waals surface area (Å²) >= 11 is 0. The summed E-state index contributed by atoms with van der Waals surface area (Å²) in [6.07, 6.45) is 0.641. The standard InChI is InChI=1S/C15H22N2O4/c1-11(2)13(14(18)19)17-15(20)16-9-6-10-21-12-7-4-3-5-8-12/h3-5,7-8,11,13H,6,9-10H2,1-2H3,(H,18,19)(H2,16,17,20)/t13-/m0/s1. The molecular formula is C15H22N2O4. The number of hydrogen-bond acceptors (Lipinski definition) is 3. The number of aliphatic carboxylic acids is 1. The summed E-state index contributed by atoms with van der Waals surface area (Å²) < 4.78 is 5.48. The van der Waals surface area contributed by atoms with Crippen LogP contribution in [0.1, 0.15) is 20.3 Å². The Morgan fingerprint density at radius 1 is 1.24 bits per heavy atom. The van der Waals surface area contributed by atoms with Crippen molar-refractivity contribution in [1.29, 1.82) is 0 Å². The topological polar surface area (TPSA) is 87.7 Å². The summed E-state index contributed by atoms with van der Waals surface area (Å²) in [6.45, 7) is 4.39. The van der Waals surface area contributed by atoms with Crippen molar-refractivity contribution in [3.05, 3.63) is 30.3 Å². The quantitative estimate of drug-likeness (QED) is 0.639. The Hall–Kier alpha value is -2.24. The first-order valence-electron chi connectivity index (χ1n) is 6.95. The molecule has 0 bridgehead atoms. The molecule has 116 valence electrons. The fraction of sp³-hybridized carbons (Fsp3) is 0.467. The molecule has 21 heavy (non-hydrogen) atoms. The normalized spacial score (nSPS) is 11.8. The fourth-order valence-electron chi connectivity index (χ4n) is 1.69. The molecule has 1 rings (SSSR count). The summed E-state index contributed by atoms with van der Waals surface area (Å²) in [7, 11) is 0. The van der Waals surface area contributed by atoms with Crippen molar-refractivity contribution in [2.24, 2.45) is 5.92 Å². The first kappa shape index (κ1) is 16.8. The second-order valence-corrected chi connectivity index (χ2v) is 4.98. The number of ether oxygens (including phenoxy) is 1. The van der Waals surface area contributed by atoms with Crippen LogP contribution in [0.15, 0.2) is 30.3 Å². The highest BCUT2D eigenvalue weighted by molar-refractivity contribution is 5.82. The second kappa shape index (κ2) is 8.84. The van der Waals surface area contributed by atoms with E-state index in [9.17, 15) is 9.59 Å². The van der Waals surface area contributed by atoms with Crippen LogP contribution >= 0.6 is 0 Å². The first-order chi connectivity index (χ1) is 10.0. The Morgan fingerprint density at radius 2 is 1.90 bits per heavy atom. The third-order valence-electron chi connectivity index (χ3n) is 2.84. The van der Waals surface area contributed by atoms with Crippen LogP contribution in [-0.2, 0) is 4.79 Å². The molecule has 0 radical (unpaired) electrons. The molecule has 1 atom stereocenters. The summed E-state index contributed by atoms with van der Waals surface area (Å²) in [5, 5.41) is 14.0. The third kappa shape index (κ3) is 6.65. The highest BCUT2D eigenvalue weighted by Crippen LogP contribution is 2.08. The van der Waals surface area contributed by atoms with Gasteiger partial charge >= 0.3 is 12.0 Å². The molecular weight excluding hydrogens is 272 g/mol. The van der Waals surface area contributed by atoms with Gasteiger partial charge < -0.3 is 20.5 Å². The van der Waals surface area contributed by atoms with E-state index in [1.807, 2.05) is 30.3 Å². The van der Waals surface area contributed by atoms with Gasteiger partial charge in [0.15, 0.2) is 0 Å². The van der Waals surface area contributed by atoms with E-state index in [0.717, 1.165) is 5.75 Å². The first-order valence-corrected chi connectivity index (χ1v) is 6.95. The van der Waals surface area contributed by atoms with Crippen molar-refractivity contribution in [2.75, 3.05) is 13.2 Å². The number of urea groups is 1. The Labute approximate surface area is 124 Å². The van der Waals surface area contributed by atoms with Crippen LogP contribution in [0.5, 0.6) is 5.75 Å². The van der Waals surface area contributed by atoms with E-state index < -0.39 is 18.0 Å². The molecule has 2 amide bonds. The lowest BCUT2D eigenvalue weighted by Crippen LogP contribution is -2.48. The molecule has 0 aliphatic heterocycles. The Balaban J connectivity index is 2.17. The highest BCUT2D eigenvalue weighted by Gasteiger charge is 2.22. The van der Waals surface area contributed by atoms with Gasteiger partial charge in [0.2, 0.25) is 0 Å².